The van der Waals surface area contributed by atoms with Gasteiger partial charge < -0.3 is 35.7 Å². The number of thiocarbonyl (C=S) groups is 1. The number of nitrogens with zero attached hydrogens (tertiary/aromatic N) is 3. The van der Waals surface area contributed by atoms with Gasteiger partial charge in [-0.1, -0.05) is 6.92 Å². The average Bonchev–Trinajstić information content (AvgIpc) is 3.62. The second-order valence-corrected chi connectivity index (χ2v) is 11.4. The van der Waals surface area contributed by atoms with Crippen molar-refractivity contribution in [2.45, 2.75) is 45.5 Å². The molecule has 1 aliphatic heterocycles. The van der Waals surface area contributed by atoms with E-state index in [1.807, 2.05) is 31.2 Å². The van der Waals surface area contributed by atoms with Crippen molar-refractivity contribution in [3.63, 3.8) is 0 Å². The van der Waals surface area contributed by atoms with Gasteiger partial charge in [0.2, 0.25) is 5.95 Å². The van der Waals surface area contributed by atoms with Crippen molar-refractivity contribution in [3.05, 3.63) is 71.6 Å². The zero-order valence-electron chi connectivity index (χ0n) is 24.9. The average molecular weight is 641 g/mol. The van der Waals surface area contributed by atoms with E-state index in [4.69, 9.17) is 27.8 Å². The molecule has 0 bridgehead atoms. The highest BCUT2D eigenvalue weighted by atomic mass is 32.1. The van der Waals surface area contributed by atoms with Crippen LogP contribution >= 0.6 is 12.2 Å². The number of likely N-dealkylation sites (tertiary alicyclic amines) is 1. The molecule has 14 heteroatoms. The van der Waals surface area contributed by atoms with Gasteiger partial charge in [-0.15, -0.1) is 13.2 Å². The van der Waals surface area contributed by atoms with Crippen LogP contribution in [0.4, 0.5) is 30.6 Å². The van der Waals surface area contributed by atoms with Gasteiger partial charge in [-0.2, -0.15) is 4.98 Å². The number of nitrogens with two attached hydrogens (primary N) is 1. The maximum Gasteiger partial charge on any atom is 0.573 e. The first kappa shape index (κ1) is 32.0. The summed E-state index contributed by atoms with van der Waals surface area (Å²) in [6.45, 7) is 7.04. The fourth-order valence-electron chi connectivity index (χ4n) is 5.48. The molecule has 2 atom stereocenters. The smallest absolute Gasteiger partial charge is 0.461 e. The summed E-state index contributed by atoms with van der Waals surface area (Å²) in [5.74, 6) is 1.88. The van der Waals surface area contributed by atoms with Crippen LogP contribution in [-0.4, -0.2) is 57.9 Å². The Labute approximate surface area is 264 Å². The third-order valence-electron chi connectivity index (χ3n) is 7.66. The molecule has 0 spiro atoms. The number of halogens is 3. The molecule has 1 aliphatic rings. The lowest BCUT2D eigenvalue weighted by atomic mass is 9.94. The van der Waals surface area contributed by atoms with Gasteiger partial charge in [0, 0.05) is 47.4 Å². The maximum absolute atomic E-state index is 12.5. The van der Waals surface area contributed by atoms with Crippen molar-refractivity contribution in [2.24, 2.45) is 11.7 Å². The van der Waals surface area contributed by atoms with Crippen LogP contribution in [0.1, 0.15) is 36.8 Å². The largest absolute Gasteiger partial charge is 0.573 e. The van der Waals surface area contributed by atoms with E-state index in [2.05, 4.69) is 42.5 Å². The minimum Gasteiger partial charge on any atom is -0.461 e. The summed E-state index contributed by atoms with van der Waals surface area (Å²) in [6, 6.07) is 14.7. The molecular weight excluding hydrogens is 605 g/mol. The van der Waals surface area contributed by atoms with Crippen LogP contribution < -0.4 is 26.4 Å². The quantitative estimate of drug-likeness (QED) is 0.0724. The Morgan fingerprint density at radius 2 is 1.93 bits per heavy atom. The first-order valence-corrected chi connectivity index (χ1v) is 15.0. The predicted molar refractivity (Wildman–Crippen MR) is 173 cm³/mol. The Morgan fingerprint density at radius 3 is 2.62 bits per heavy atom. The standard InChI is InChI=1S/C31H35F3N8O2S/c1-3-42-13-12-20(17-42)25(10-9-24-16-21-15-19(28(35)36)4-11-26(21)43-24)39-27-14-18(2)37-29(40-27)41-30(45)38-22-5-7-23(8-6-22)44-31(32,33)34/h4-8,11,14-16,20,25H,3,9-10,12-13,17H2,1-2H3,(H3,35,36)(H3,37,38,39,40,41,45). The Hall–Kier alpha value is -4.43. The maximum atomic E-state index is 12.5. The van der Waals surface area contributed by atoms with Crippen molar-refractivity contribution in [2.75, 3.05) is 35.6 Å². The number of hydrogen-bond acceptors (Lipinski definition) is 8. The third-order valence-corrected chi connectivity index (χ3v) is 7.87. The monoisotopic (exact) mass is 640 g/mol. The number of benzene rings is 2. The Kier molecular flexibility index (Phi) is 9.73. The van der Waals surface area contributed by atoms with Gasteiger partial charge in [0.25, 0.3) is 0 Å². The van der Waals surface area contributed by atoms with E-state index in [0.29, 0.717) is 29.4 Å². The minimum atomic E-state index is -4.76. The van der Waals surface area contributed by atoms with Crippen molar-refractivity contribution in [1.82, 2.24) is 14.9 Å². The van der Waals surface area contributed by atoms with Gasteiger partial charge in [-0.3, -0.25) is 5.41 Å². The zero-order valence-corrected chi connectivity index (χ0v) is 25.7. The molecule has 3 heterocycles. The van der Waals surface area contributed by atoms with E-state index < -0.39 is 6.36 Å². The highest BCUT2D eigenvalue weighted by molar-refractivity contribution is 7.80. The van der Waals surface area contributed by atoms with Gasteiger partial charge in [0.05, 0.1) is 0 Å². The number of ether oxygens (including phenoxy) is 1. The molecule has 1 saturated heterocycles. The van der Waals surface area contributed by atoms with Crippen molar-refractivity contribution >= 4 is 51.6 Å². The van der Waals surface area contributed by atoms with Crippen LogP contribution in [-0.2, 0) is 6.42 Å². The van der Waals surface area contributed by atoms with Gasteiger partial charge in [0.15, 0.2) is 5.11 Å². The van der Waals surface area contributed by atoms with Crippen LogP contribution in [0.25, 0.3) is 11.0 Å². The number of rotatable bonds is 11. The van der Waals surface area contributed by atoms with Gasteiger partial charge in [-0.25, -0.2) is 4.98 Å². The summed E-state index contributed by atoms with van der Waals surface area (Å²) < 4.78 is 47.4. The number of amidine groups is 1. The van der Waals surface area contributed by atoms with Crippen LogP contribution in [0.5, 0.6) is 5.75 Å². The first-order chi connectivity index (χ1) is 21.4. The first-order valence-electron chi connectivity index (χ1n) is 14.6. The van der Waals surface area contributed by atoms with Gasteiger partial charge >= 0.3 is 6.36 Å². The lowest BCUT2D eigenvalue weighted by Crippen LogP contribution is -2.33. The number of fused-ring (bicyclic) bond motifs is 1. The van der Waals surface area contributed by atoms with E-state index in [9.17, 15) is 13.2 Å². The second-order valence-electron chi connectivity index (χ2n) is 11.0. The third kappa shape index (κ3) is 8.82. The van der Waals surface area contributed by atoms with Crippen LogP contribution in [0, 0.1) is 18.3 Å². The minimum absolute atomic E-state index is 0.0183. The van der Waals surface area contributed by atoms with E-state index in [0.717, 1.165) is 54.9 Å². The van der Waals surface area contributed by atoms with Crippen molar-refractivity contribution < 1.29 is 22.3 Å². The molecule has 238 valence electrons. The number of aromatic nitrogens is 2. The highest BCUT2D eigenvalue weighted by Crippen LogP contribution is 2.28. The lowest BCUT2D eigenvalue weighted by molar-refractivity contribution is -0.274. The molecule has 0 saturated carbocycles. The SMILES string of the molecule is CCN1CCC(C(CCc2cc3cc(C(=N)N)ccc3o2)Nc2cc(C)nc(NC(=S)Nc3ccc(OC(F)(F)F)cc3)n2)C1. The molecule has 0 amide bonds. The summed E-state index contributed by atoms with van der Waals surface area (Å²) in [7, 11) is 0. The summed E-state index contributed by atoms with van der Waals surface area (Å²) in [6.07, 6.45) is -2.19. The second kappa shape index (κ2) is 13.7. The molecule has 0 aliphatic carbocycles. The van der Waals surface area contributed by atoms with Crippen LogP contribution in [0.2, 0.25) is 0 Å². The van der Waals surface area contributed by atoms with Crippen molar-refractivity contribution in [1.29, 1.82) is 5.41 Å². The summed E-state index contributed by atoms with van der Waals surface area (Å²) in [5.41, 5.74) is 8.27. The van der Waals surface area contributed by atoms with E-state index in [1.165, 1.54) is 24.3 Å². The molecule has 10 nitrogen and oxygen atoms in total. The highest BCUT2D eigenvalue weighted by Gasteiger charge is 2.31. The van der Waals surface area contributed by atoms with E-state index in [1.54, 1.807) is 6.07 Å². The lowest BCUT2D eigenvalue weighted by Gasteiger charge is -2.26. The van der Waals surface area contributed by atoms with Crippen LogP contribution in [0.15, 0.2) is 59.0 Å². The fourth-order valence-corrected chi connectivity index (χ4v) is 5.69. The fraction of sp³-hybridized carbons (Fsp3) is 0.355. The summed E-state index contributed by atoms with van der Waals surface area (Å²) in [4.78, 5) is 11.6. The summed E-state index contributed by atoms with van der Waals surface area (Å²) in [5, 5.41) is 18.3. The molecule has 45 heavy (non-hydrogen) atoms. The summed E-state index contributed by atoms with van der Waals surface area (Å²) >= 11 is 5.40. The Bertz CT molecular complexity index is 1660. The molecule has 4 aromatic rings. The molecule has 0 radical (unpaired) electrons. The van der Waals surface area contributed by atoms with Crippen molar-refractivity contribution in [3.8, 4) is 5.75 Å². The number of anilines is 3. The van der Waals surface area contributed by atoms with Gasteiger partial charge in [-0.05, 0) is 99.5 Å². The zero-order chi connectivity index (χ0) is 32.1. The van der Waals surface area contributed by atoms with Crippen LogP contribution in [0.3, 0.4) is 0 Å². The molecule has 2 aromatic heterocycles. The molecular formula is C31H35F3N8O2S. The van der Waals surface area contributed by atoms with Gasteiger partial charge in [0.1, 0.15) is 28.7 Å². The van der Waals surface area contributed by atoms with E-state index >= 15 is 0 Å². The normalized spacial score (nSPS) is 16.0. The predicted octanol–water partition coefficient (Wildman–Crippen LogP) is 6.28. The number of alkyl halides is 3. The molecule has 2 aromatic carbocycles. The topological polar surface area (TPSA) is 137 Å². The Balaban J connectivity index is 1.26. The number of aryl methyl sites for hydroxylation is 2. The number of hydrogen-bond donors (Lipinski definition) is 5. The molecule has 6 N–H and O–H groups in total. The number of furan rings is 1. The number of nitrogens with one attached hydrogen (secondary N) is 4. The van der Waals surface area contributed by atoms with E-state index in [-0.39, 0.29) is 28.7 Å². The molecule has 5 rings (SSSR count). The molecule has 1 fully saturated rings. The molecule has 2 unspecified atom stereocenters. The Morgan fingerprint density at radius 1 is 1.16 bits per heavy atom. The number of nitrogen functional groups attached to an aromatic ring is 1.